The number of carbonyl (C=O) groups is 3. The molecule has 0 spiro atoms. The Hall–Kier alpha value is -2.96. The first kappa shape index (κ1) is 16.4. The molecule has 1 atom stereocenters. The van der Waals surface area contributed by atoms with Crippen LogP contribution in [-0.2, 0) is 9.53 Å². The molecule has 1 aromatic carbocycles. The summed E-state index contributed by atoms with van der Waals surface area (Å²) in [5.41, 5.74) is 7.47. The molecule has 1 heterocycles. The molecule has 1 aromatic heterocycles. The lowest BCUT2D eigenvalue weighted by atomic mass is 10.1. The van der Waals surface area contributed by atoms with Crippen LogP contribution >= 0.6 is 0 Å². The van der Waals surface area contributed by atoms with Gasteiger partial charge >= 0.3 is 12.0 Å². The highest BCUT2D eigenvalue weighted by molar-refractivity contribution is 6.05. The molecule has 23 heavy (non-hydrogen) atoms. The first-order valence-corrected chi connectivity index (χ1v) is 6.97. The van der Waals surface area contributed by atoms with Gasteiger partial charge in [0.2, 0.25) is 0 Å². The Bertz CT molecular complexity index is 801. The highest BCUT2D eigenvalue weighted by atomic mass is 16.5. The molecule has 0 aliphatic heterocycles. The number of amides is 3. The van der Waals surface area contributed by atoms with E-state index in [2.05, 4.69) is 4.98 Å². The second-order valence-corrected chi connectivity index (χ2v) is 5.23. The number of aryl methyl sites for hydroxylation is 2. The Kier molecular flexibility index (Phi) is 4.59. The topological polar surface area (TPSA) is 111 Å². The van der Waals surface area contributed by atoms with Gasteiger partial charge in [-0.1, -0.05) is 11.6 Å². The summed E-state index contributed by atoms with van der Waals surface area (Å²) < 4.78 is 5.12. The normalized spacial score (nSPS) is 11.8. The Morgan fingerprint density at radius 3 is 2.57 bits per heavy atom. The van der Waals surface area contributed by atoms with Crippen molar-refractivity contribution < 1.29 is 19.1 Å². The molecule has 0 saturated carbocycles. The molecule has 0 bridgehead atoms. The average molecular weight is 315 g/mol. The van der Waals surface area contributed by atoms with E-state index in [0.29, 0.717) is 22.2 Å². The third-order valence-corrected chi connectivity index (χ3v) is 3.21. The molecule has 120 valence electrons. The van der Waals surface area contributed by atoms with Crippen molar-refractivity contribution in [1.29, 1.82) is 0 Å². The number of hydrogen-bond acceptors (Lipinski definition) is 5. The number of nitrogens with two attached hydrogens (primary N) is 1. The predicted octanol–water partition coefficient (Wildman–Crippen LogP) is 1.59. The molecule has 2 aromatic rings. The lowest BCUT2D eigenvalue weighted by Gasteiger charge is -2.13. The number of pyridine rings is 1. The van der Waals surface area contributed by atoms with Crippen LogP contribution in [0.4, 0.5) is 4.79 Å². The van der Waals surface area contributed by atoms with Crippen LogP contribution in [0.25, 0.3) is 10.9 Å². The van der Waals surface area contributed by atoms with Crippen molar-refractivity contribution in [2.24, 2.45) is 5.73 Å². The summed E-state index contributed by atoms with van der Waals surface area (Å²) in [4.78, 5) is 39.0. The minimum atomic E-state index is -1.15. The SMILES string of the molecule is Cc1ccc2nc(C)cc(C(=O)OC(C)C(=O)NC(N)=O)c2c1. The van der Waals surface area contributed by atoms with Crippen LogP contribution in [0.3, 0.4) is 0 Å². The van der Waals surface area contributed by atoms with E-state index in [1.165, 1.54) is 6.92 Å². The van der Waals surface area contributed by atoms with Gasteiger partial charge in [-0.3, -0.25) is 15.1 Å². The zero-order chi connectivity index (χ0) is 17.1. The van der Waals surface area contributed by atoms with Gasteiger partial charge < -0.3 is 10.5 Å². The standard InChI is InChI=1S/C16H17N3O4/c1-8-4-5-13-11(6-8)12(7-9(2)18-13)15(21)23-10(3)14(20)19-16(17)22/h4-7,10H,1-3H3,(H3,17,19,20,22). The summed E-state index contributed by atoms with van der Waals surface area (Å²) in [7, 11) is 0. The Balaban J connectivity index is 2.32. The van der Waals surface area contributed by atoms with Gasteiger partial charge in [0, 0.05) is 11.1 Å². The van der Waals surface area contributed by atoms with Crippen LogP contribution in [0.2, 0.25) is 0 Å². The van der Waals surface area contributed by atoms with Crippen LogP contribution in [0.5, 0.6) is 0 Å². The molecule has 2 rings (SSSR count). The number of carbonyl (C=O) groups excluding carboxylic acids is 3. The highest BCUT2D eigenvalue weighted by Crippen LogP contribution is 2.21. The second-order valence-electron chi connectivity index (χ2n) is 5.23. The average Bonchev–Trinajstić information content (AvgIpc) is 2.46. The minimum Gasteiger partial charge on any atom is -0.449 e. The summed E-state index contributed by atoms with van der Waals surface area (Å²) in [6.07, 6.45) is -1.15. The van der Waals surface area contributed by atoms with Crippen LogP contribution in [0, 0.1) is 13.8 Å². The fourth-order valence-electron chi connectivity index (χ4n) is 2.14. The van der Waals surface area contributed by atoms with Crippen molar-refractivity contribution in [1.82, 2.24) is 10.3 Å². The summed E-state index contributed by atoms with van der Waals surface area (Å²) in [6.45, 7) is 5.02. The Morgan fingerprint density at radius 1 is 1.22 bits per heavy atom. The molecule has 1 unspecified atom stereocenters. The largest absolute Gasteiger partial charge is 0.449 e. The quantitative estimate of drug-likeness (QED) is 0.835. The molecule has 0 radical (unpaired) electrons. The molecule has 0 aliphatic rings. The number of fused-ring (bicyclic) bond motifs is 1. The monoisotopic (exact) mass is 315 g/mol. The van der Waals surface area contributed by atoms with Gasteiger partial charge in [-0.25, -0.2) is 9.59 Å². The van der Waals surface area contributed by atoms with Crippen molar-refractivity contribution in [3.8, 4) is 0 Å². The minimum absolute atomic E-state index is 0.315. The number of ether oxygens (including phenoxy) is 1. The van der Waals surface area contributed by atoms with Gasteiger partial charge in [0.15, 0.2) is 6.10 Å². The summed E-state index contributed by atoms with van der Waals surface area (Å²) in [5.74, 6) is -1.45. The molecule has 0 aliphatic carbocycles. The summed E-state index contributed by atoms with van der Waals surface area (Å²) >= 11 is 0. The molecule has 7 heteroatoms. The van der Waals surface area contributed by atoms with Crippen molar-refractivity contribution in [3.63, 3.8) is 0 Å². The van der Waals surface area contributed by atoms with E-state index in [1.54, 1.807) is 13.0 Å². The van der Waals surface area contributed by atoms with Crippen molar-refractivity contribution in [2.45, 2.75) is 26.9 Å². The maximum absolute atomic E-state index is 12.4. The number of aromatic nitrogens is 1. The maximum Gasteiger partial charge on any atom is 0.339 e. The first-order valence-electron chi connectivity index (χ1n) is 6.97. The smallest absolute Gasteiger partial charge is 0.339 e. The number of urea groups is 1. The molecule has 0 fully saturated rings. The van der Waals surface area contributed by atoms with E-state index in [9.17, 15) is 14.4 Å². The third kappa shape index (κ3) is 3.82. The van der Waals surface area contributed by atoms with E-state index in [0.717, 1.165) is 5.56 Å². The van der Waals surface area contributed by atoms with Crippen LogP contribution in [-0.4, -0.2) is 29.0 Å². The summed E-state index contributed by atoms with van der Waals surface area (Å²) in [5, 5.41) is 2.51. The third-order valence-electron chi connectivity index (χ3n) is 3.21. The van der Waals surface area contributed by atoms with Gasteiger partial charge in [0.05, 0.1) is 11.1 Å². The van der Waals surface area contributed by atoms with Crippen molar-refractivity contribution in [3.05, 3.63) is 41.1 Å². The van der Waals surface area contributed by atoms with E-state index in [1.807, 2.05) is 30.4 Å². The number of hydrogen-bond donors (Lipinski definition) is 2. The Labute approximate surface area is 132 Å². The van der Waals surface area contributed by atoms with Gasteiger partial charge in [0.25, 0.3) is 5.91 Å². The van der Waals surface area contributed by atoms with E-state index >= 15 is 0 Å². The molecular weight excluding hydrogens is 298 g/mol. The zero-order valence-corrected chi connectivity index (χ0v) is 13.0. The van der Waals surface area contributed by atoms with Gasteiger partial charge in [0.1, 0.15) is 0 Å². The van der Waals surface area contributed by atoms with E-state index < -0.39 is 24.0 Å². The molecule has 0 saturated heterocycles. The molecule has 3 N–H and O–H groups in total. The molecular formula is C16H17N3O4. The lowest BCUT2D eigenvalue weighted by Crippen LogP contribution is -2.42. The van der Waals surface area contributed by atoms with Gasteiger partial charge in [-0.05, 0) is 39.0 Å². The highest BCUT2D eigenvalue weighted by Gasteiger charge is 2.21. The summed E-state index contributed by atoms with van der Waals surface area (Å²) in [6, 6.07) is 6.14. The number of nitrogens with one attached hydrogen (secondary N) is 1. The zero-order valence-electron chi connectivity index (χ0n) is 13.0. The van der Waals surface area contributed by atoms with Crippen molar-refractivity contribution >= 4 is 28.8 Å². The molecule has 7 nitrogen and oxygen atoms in total. The lowest BCUT2D eigenvalue weighted by molar-refractivity contribution is -0.127. The van der Waals surface area contributed by atoms with E-state index in [4.69, 9.17) is 10.5 Å². The fourth-order valence-corrected chi connectivity index (χ4v) is 2.14. The predicted molar refractivity (Wildman–Crippen MR) is 83.8 cm³/mol. The van der Waals surface area contributed by atoms with Crippen molar-refractivity contribution in [2.75, 3.05) is 0 Å². The number of primary amides is 1. The van der Waals surface area contributed by atoms with Gasteiger partial charge in [-0.2, -0.15) is 0 Å². The number of rotatable bonds is 3. The number of esters is 1. The Morgan fingerprint density at radius 2 is 1.91 bits per heavy atom. The second kappa shape index (κ2) is 6.43. The first-order chi connectivity index (χ1) is 10.8. The number of nitrogens with zero attached hydrogens (tertiary/aromatic N) is 1. The van der Waals surface area contributed by atoms with Gasteiger partial charge in [-0.15, -0.1) is 0 Å². The van der Waals surface area contributed by atoms with Crippen LogP contribution in [0.15, 0.2) is 24.3 Å². The maximum atomic E-state index is 12.4. The number of imide groups is 1. The van der Waals surface area contributed by atoms with Crippen LogP contribution < -0.4 is 11.1 Å². The molecule has 3 amide bonds. The van der Waals surface area contributed by atoms with E-state index in [-0.39, 0.29) is 0 Å². The van der Waals surface area contributed by atoms with Crippen LogP contribution in [0.1, 0.15) is 28.5 Å². The number of benzene rings is 1. The fraction of sp³-hybridized carbons (Fsp3) is 0.250.